The van der Waals surface area contributed by atoms with Crippen LogP contribution in [-0.2, 0) is 18.3 Å². The number of rotatable bonds is 5. The first-order valence-electron chi connectivity index (χ1n) is 22.9. The Labute approximate surface area is 369 Å². The molecular weight excluding hydrogens is 775 g/mol. The first kappa shape index (κ1) is 37.1. The number of hydrogen-bond acceptors (Lipinski definition) is 4. The lowest BCUT2D eigenvalue weighted by Gasteiger charge is -2.42. The number of fused-ring (bicyclic) bond motifs is 10. The van der Waals surface area contributed by atoms with Gasteiger partial charge in [0.25, 0.3) is 0 Å². The fourth-order valence-electron chi connectivity index (χ4n) is 12.8. The summed E-state index contributed by atoms with van der Waals surface area (Å²) in [6, 6.07) is 44.0. The van der Waals surface area contributed by atoms with Crippen LogP contribution < -0.4 is 9.80 Å². The van der Waals surface area contributed by atoms with Crippen LogP contribution in [0.4, 0.5) is 11.4 Å². The van der Waals surface area contributed by atoms with Crippen molar-refractivity contribution in [3.63, 3.8) is 0 Å². The Bertz CT molecular complexity index is 3110. The fourth-order valence-corrected chi connectivity index (χ4v) is 13.9. The van der Waals surface area contributed by atoms with Crippen molar-refractivity contribution in [3.8, 4) is 0 Å². The van der Waals surface area contributed by atoms with Gasteiger partial charge in [-0.1, -0.05) is 142 Å². The normalized spacial score (nSPS) is 32.9. The summed E-state index contributed by atoms with van der Waals surface area (Å²) in [5.74, 6) is 1.28. The molecule has 11 unspecified atom stereocenters. The van der Waals surface area contributed by atoms with E-state index in [1.165, 1.54) is 75.3 Å². The van der Waals surface area contributed by atoms with Crippen LogP contribution in [-0.4, -0.2) is 33.3 Å². The number of para-hydroxylation sites is 2. The molecule has 3 aliphatic carbocycles. The highest BCUT2D eigenvalue weighted by Crippen LogP contribution is 2.57. The summed E-state index contributed by atoms with van der Waals surface area (Å²) in [7, 11) is 2.45. The zero-order chi connectivity index (χ0) is 41.6. The van der Waals surface area contributed by atoms with Gasteiger partial charge >= 0.3 is 0 Å². The van der Waals surface area contributed by atoms with E-state index in [4.69, 9.17) is 0 Å². The standard InChI is InChI=1S/C56H53N5S/c1-35-16-15-17-37(30-35)52-57(5)54(61-53(60(52)61)38-25-27-43-42-21-10-12-24-50(42)62-51(43)32-38)58-47-23-11-9-20-41(47)44-31-36(2)55(3,34-49(44)58)39-26-28-48-45(33-39)46-22-13-14-29-56(46,4)59(48)40-18-7-6-8-19-40/h6-15,17-30,32-33,35-36,46,52-54H,16,31,34H2,1-5H3/p+1. The second-order valence-corrected chi connectivity index (χ2v) is 20.8. The average Bonchev–Trinajstić information content (AvgIpc) is 3.48. The Morgan fingerprint density at radius 3 is 2.42 bits per heavy atom. The van der Waals surface area contributed by atoms with E-state index in [-0.39, 0.29) is 35.5 Å². The third kappa shape index (κ3) is 5.06. The van der Waals surface area contributed by atoms with Gasteiger partial charge in [0.15, 0.2) is 6.17 Å². The quantitative estimate of drug-likeness (QED) is 0.174. The Balaban J connectivity index is 0.939. The molecule has 2 saturated heterocycles. The number of aromatic nitrogens is 1. The van der Waals surface area contributed by atoms with Crippen molar-refractivity contribution < 1.29 is 4.90 Å². The highest BCUT2D eigenvalue weighted by atomic mass is 32.1. The molecule has 5 heterocycles. The van der Waals surface area contributed by atoms with E-state index in [2.05, 4.69) is 212 Å². The summed E-state index contributed by atoms with van der Waals surface area (Å²) in [6.45, 7) is 9.88. The van der Waals surface area contributed by atoms with E-state index in [1.807, 2.05) is 11.3 Å². The minimum atomic E-state index is -0.161. The lowest BCUT2D eigenvalue weighted by Crippen LogP contribution is -3.13. The van der Waals surface area contributed by atoms with Crippen molar-refractivity contribution in [2.24, 2.45) is 11.8 Å². The number of benzene rings is 5. The zero-order valence-corrected chi connectivity index (χ0v) is 37.1. The van der Waals surface area contributed by atoms with Crippen molar-refractivity contribution >= 4 is 53.8 Å². The number of allylic oxidation sites excluding steroid dienone is 4. The molecule has 0 saturated carbocycles. The molecule has 6 aliphatic rings. The van der Waals surface area contributed by atoms with Crippen LogP contribution in [0.15, 0.2) is 163 Å². The van der Waals surface area contributed by atoms with Gasteiger partial charge in [0.1, 0.15) is 6.17 Å². The summed E-state index contributed by atoms with van der Waals surface area (Å²) in [6.07, 6.45) is 20.4. The van der Waals surface area contributed by atoms with Gasteiger partial charge in [-0.2, -0.15) is 5.01 Å². The Morgan fingerprint density at radius 2 is 1.56 bits per heavy atom. The summed E-state index contributed by atoms with van der Waals surface area (Å²) in [5, 5.41) is 9.62. The maximum Gasteiger partial charge on any atom is 0.244 e. The molecule has 11 atom stereocenters. The number of quaternary nitrogens is 1. The number of nitrogens with one attached hydrogen (secondary N) is 1. The lowest BCUT2D eigenvalue weighted by molar-refractivity contribution is -0.941. The Hall–Kier alpha value is -5.50. The number of anilines is 2. The fraction of sp³-hybridized carbons (Fsp3) is 0.286. The highest BCUT2D eigenvalue weighted by Gasteiger charge is 2.68. The Kier molecular flexibility index (Phi) is 7.93. The van der Waals surface area contributed by atoms with Crippen LogP contribution in [0.25, 0.3) is 31.1 Å². The molecule has 0 bridgehead atoms. The molecule has 5 aromatic carbocycles. The monoisotopic (exact) mass is 828 g/mol. The van der Waals surface area contributed by atoms with E-state index in [0.717, 1.165) is 19.3 Å². The summed E-state index contributed by atoms with van der Waals surface area (Å²) in [5.41, 5.74) is 12.5. The number of thiophene rings is 1. The van der Waals surface area contributed by atoms with Gasteiger partial charge in [-0.05, 0) is 96.7 Å². The van der Waals surface area contributed by atoms with Crippen LogP contribution in [0.1, 0.15) is 80.4 Å². The largest absolute Gasteiger partial charge is 0.331 e. The molecule has 3 aliphatic heterocycles. The first-order valence-corrected chi connectivity index (χ1v) is 23.7. The van der Waals surface area contributed by atoms with Crippen molar-refractivity contribution in [3.05, 3.63) is 191 Å². The third-order valence-corrected chi connectivity index (χ3v) is 17.3. The molecule has 1 N–H and O–H groups in total. The van der Waals surface area contributed by atoms with Crippen molar-refractivity contribution in [2.45, 2.75) is 82.5 Å². The van der Waals surface area contributed by atoms with Gasteiger partial charge in [0, 0.05) is 59.5 Å². The average molecular weight is 829 g/mol. The molecule has 0 spiro atoms. The smallest absolute Gasteiger partial charge is 0.244 e. The second-order valence-electron chi connectivity index (χ2n) is 19.7. The molecule has 0 amide bonds. The highest BCUT2D eigenvalue weighted by molar-refractivity contribution is 7.25. The third-order valence-electron chi connectivity index (χ3n) is 16.1. The van der Waals surface area contributed by atoms with Crippen LogP contribution in [0.2, 0.25) is 0 Å². The van der Waals surface area contributed by atoms with Gasteiger partial charge in [-0.15, -0.1) is 16.3 Å². The summed E-state index contributed by atoms with van der Waals surface area (Å²) in [4.78, 5) is 4.10. The van der Waals surface area contributed by atoms with Crippen molar-refractivity contribution in [1.82, 2.24) is 14.6 Å². The number of hydrazine groups is 1. The van der Waals surface area contributed by atoms with Crippen LogP contribution in [0.3, 0.4) is 0 Å². The van der Waals surface area contributed by atoms with Crippen molar-refractivity contribution in [2.75, 3.05) is 11.9 Å². The maximum absolute atomic E-state index is 2.81. The minimum absolute atomic E-state index is 0.0564. The van der Waals surface area contributed by atoms with E-state index in [9.17, 15) is 0 Å². The van der Waals surface area contributed by atoms with Crippen LogP contribution >= 0.6 is 11.3 Å². The molecule has 7 aromatic rings. The summed E-state index contributed by atoms with van der Waals surface area (Å²) < 4.78 is 5.55. The maximum atomic E-state index is 2.81. The van der Waals surface area contributed by atoms with E-state index in [0.29, 0.717) is 11.8 Å². The van der Waals surface area contributed by atoms with Gasteiger partial charge in [0.2, 0.25) is 6.29 Å². The first-order chi connectivity index (χ1) is 30.2. The number of likely N-dealkylation sites (N-methyl/N-ethyl adjacent to an activating group) is 1. The molecule has 6 heteroatoms. The predicted molar refractivity (Wildman–Crippen MR) is 257 cm³/mol. The Morgan fingerprint density at radius 1 is 0.774 bits per heavy atom. The second kappa shape index (κ2) is 13.3. The molecule has 13 rings (SSSR count). The minimum Gasteiger partial charge on any atom is -0.331 e. The van der Waals surface area contributed by atoms with Gasteiger partial charge in [-0.25, -0.2) is 0 Å². The lowest BCUT2D eigenvalue weighted by atomic mass is 9.63. The van der Waals surface area contributed by atoms with Crippen molar-refractivity contribution in [1.29, 1.82) is 0 Å². The zero-order valence-electron chi connectivity index (χ0n) is 36.3. The molecular formula is C56H54N5S+. The van der Waals surface area contributed by atoms with E-state index in [1.54, 1.807) is 5.56 Å². The molecule has 2 fully saturated rings. The van der Waals surface area contributed by atoms with Gasteiger partial charge in [-0.3, -0.25) is 9.47 Å². The molecule has 5 nitrogen and oxygen atoms in total. The number of nitrogens with zero attached hydrogens (tertiary/aromatic N) is 4. The van der Waals surface area contributed by atoms with Crippen LogP contribution in [0, 0.1) is 11.8 Å². The molecule has 0 radical (unpaired) electrons. The van der Waals surface area contributed by atoms with Gasteiger partial charge in [0.05, 0.1) is 18.1 Å². The van der Waals surface area contributed by atoms with Crippen LogP contribution in [0.5, 0.6) is 0 Å². The molecule has 308 valence electrons. The van der Waals surface area contributed by atoms with Gasteiger partial charge < -0.3 is 4.90 Å². The predicted octanol–water partition coefficient (Wildman–Crippen LogP) is 11.9. The van der Waals surface area contributed by atoms with E-state index < -0.39 is 0 Å². The van der Waals surface area contributed by atoms with E-state index >= 15 is 0 Å². The molecule has 2 aromatic heterocycles. The summed E-state index contributed by atoms with van der Waals surface area (Å²) >= 11 is 1.93. The molecule has 62 heavy (non-hydrogen) atoms. The number of hydrogen-bond donors (Lipinski definition) is 1. The SMILES string of the molecule is CC1C=C(C2N3C(c4ccc5c(c4)sc4ccccc45)N3C(n3c4c(c5ccccc53)CC(C)C(C)(c3ccc5c(c3)C3C=CC=CC3(C)N5c3ccccc3)C4)[NH+]2C)C=CC1. The topological polar surface area (TPSA) is 18.6 Å².